The first-order valence-electron chi connectivity index (χ1n) is 4.64. The largest absolute Gasteiger partial charge is 0.404 e. The van der Waals surface area contributed by atoms with Crippen molar-refractivity contribution < 1.29 is 4.92 Å². The van der Waals surface area contributed by atoms with Gasteiger partial charge in [-0.05, 0) is 33.0 Å². The Bertz CT molecular complexity index is 568. The molecule has 0 saturated carbocycles. The number of halogens is 1. The van der Waals surface area contributed by atoms with Crippen molar-refractivity contribution in [2.24, 2.45) is 0 Å². The van der Waals surface area contributed by atoms with Crippen LogP contribution in [0.5, 0.6) is 0 Å². The molecule has 17 heavy (non-hydrogen) atoms. The van der Waals surface area contributed by atoms with Crippen molar-refractivity contribution in [3.8, 4) is 0 Å². The van der Waals surface area contributed by atoms with E-state index in [1.807, 2.05) is 0 Å². The van der Waals surface area contributed by atoms with Crippen LogP contribution in [0.3, 0.4) is 0 Å². The number of aromatic nitrogens is 3. The molecular formula is C9H8BrN5O2. The summed E-state index contributed by atoms with van der Waals surface area (Å²) in [7, 11) is 0. The minimum atomic E-state index is -0.548. The van der Waals surface area contributed by atoms with Gasteiger partial charge in [0.15, 0.2) is 0 Å². The van der Waals surface area contributed by atoms with E-state index in [1.54, 1.807) is 18.3 Å². The fourth-order valence-electron chi connectivity index (χ4n) is 1.34. The van der Waals surface area contributed by atoms with Gasteiger partial charge in [0.2, 0.25) is 0 Å². The Morgan fingerprint density at radius 2 is 2.35 bits per heavy atom. The van der Waals surface area contributed by atoms with Crippen molar-refractivity contribution in [2.75, 3.05) is 5.73 Å². The van der Waals surface area contributed by atoms with Gasteiger partial charge in [-0.3, -0.25) is 4.98 Å². The average Bonchev–Trinajstić information content (AvgIpc) is 2.59. The first kappa shape index (κ1) is 11.5. The highest BCUT2D eigenvalue weighted by atomic mass is 79.9. The van der Waals surface area contributed by atoms with Crippen molar-refractivity contribution in [3.05, 3.63) is 44.8 Å². The lowest BCUT2D eigenvalue weighted by Crippen LogP contribution is -2.03. The second-order valence-electron chi connectivity index (χ2n) is 3.34. The number of pyridine rings is 1. The van der Waals surface area contributed by atoms with Crippen LogP contribution in [0.25, 0.3) is 0 Å². The summed E-state index contributed by atoms with van der Waals surface area (Å²) in [6.07, 6.45) is 3.11. The van der Waals surface area contributed by atoms with E-state index in [0.717, 1.165) is 0 Å². The molecule has 0 aliphatic rings. The second kappa shape index (κ2) is 4.50. The van der Waals surface area contributed by atoms with Crippen LogP contribution in [-0.2, 0) is 6.54 Å². The molecule has 2 N–H and O–H groups in total. The van der Waals surface area contributed by atoms with Crippen LogP contribution < -0.4 is 5.73 Å². The highest BCUT2D eigenvalue weighted by Crippen LogP contribution is 2.22. The second-order valence-corrected chi connectivity index (χ2v) is 4.19. The third-order valence-corrected chi connectivity index (χ3v) is 2.60. The van der Waals surface area contributed by atoms with Crippen molar-refractivity contribution >= 4 is 27.4 Å². The summed E-state index contributed by atoms with van der Waals surface area (Å²) in [6.45, 7) is 0.331. The van der Waals surface area contributed by atoms with E-state index in [4.69, 9.17) is 5.73 Å². The standard InChI is InChI=1S/C9H8BrN5O2/c10-8-5-14(13-9(8)15(16)17)4-7-3-6(11)1-2-12-7/h1-3,5H,4H2,(H2,11,12). The Labute approximate surface area is 105 Å². The summed E-state index contributed by atoms with van der Waals surface area (Å²) >= 11 is 3.08. The minimum absolute atomic E-state index is 0.214. The molecule has 0 spiro atoms. The highest BCUT2D eigenvalue weighted by Gasteiger charge is 2.18. The van der Waals surface area contributed by atoms with Crippen molar-refractivity contribution in [1.82, 2.24) is 14.8 Å². The number of nitrogen functional groups attached to an aromatic ring is 1. The van der Waals surface area contributed by atoms with Crippen LogP contribution in [0.15, 0.2) is 29.0 Å². The maximum atomic E-state index is 10.6. The number of nitro groups is 1. The molecule has 88 valence electrons. The topological polar surface area (TPSA) is 99.9 Å². The molecule has 0 aliphatic carbocycles. The number of nitrogens with zero attached hydrogens (tertiary/aromatic N) is 4. The van der Waals surface area contributed by atoms with Crippen molar-refractivity contribution in [2.45, 2.75) is 6.54 Å². The van der Waals surface area contributed by atoms with Crippen LogP contribution in [0.1, 0.15) is 5.69 Å². The van der Waals surface area contributed by atoms with Crippen molar-refractivity contribution in [3.63, 3.8) is 0 Å². The molecule has 0 unspecified atom stereocenters. The van der Waals surface area contributed by atoms with Crippen LogP contribution >= 0.6 is 15.9 Å². The number of hydrogen-bond donors (Lipinski definition) is 1. The number of anilines is 1. The molecule has 7 nitrogen and oxygen atoms in total. The molecule has 8 heteroatoms. The summed E-state index contributed by atoms with van der Waals surface area (Å²) in [4.78, 5) is 14.2. The van der Waals surface area contributed by atoms with Gasteiger partial charge in [0.25, 0.3) is 0 Å². The van der Waals surface area contributed by atoms with E-state index in [-0.39, 0.29) is 5.82 Å². The molecule has 0 saturated heterocycles. The Morgan fingerprint density at radius 3 is 2.94 bits per heavy atom. The quantitative estimate of drug-likeness (QED) is 0.685. The first-order valence-corrected chi connectivity index (χ1v) is 5.43. The SMILES string of the molecule is Nc1ccnc(Cn2cc(Br)c([N+](=O)[O-])n2)c1. The van der Waals surface area contributed by atoms with Gasteiger partial charge in [-0.15, -0.1) is 0 Å². The van der Waals surface area contributed by atoms with E-state index in [9.17, 15) is 10.1 Å². The molecule has 0 bridgehead atoms. The minimum Gasteiger partial charge on any atom is -0.399 e. The molecule has 2 aromatic heterocycles. The van der Waals surface area contributed by atoms with Gasteiger partial charge >= 0.3 is 5.82 Å². The van der Waals surface area contributed by atoms with E-state index in [2.05, 4.69) is 26.0 Å². The Balaban J connectivity index is 2.25. The normalized spacial score (nSPS) is 10.4. The first-order chi connectivity index (χ1) is 8.06. The molecule has 0 atom stereocenters. The van der Waals surface area contributed by atoms with E-state index in [0.29, 0.717) is 22.4 Å². The number of nitrogens with two attached hydrogens (primary N) is 1. The molecule has 2 aromatic rings. The van der Waals surface area contributed by atoms with Gasteiger partial charge in [-0.25, -0.2) is 0 Å². The van der Waals surface area contributed by atoms with Gasteiger partial charge in [-0.2, -0.15) is 4.68 Å². The molecule has 0 aliphatic heterocycles. The summed E-state index contributed by atoms with van der Waals surface area (Å²) in [5.74, 6) is -0.214. The molecule has 0 fully saturated rings. The molecule has 0 aromatic carbocycles. The van der Waals surface area contributed by atoms with Crippen LogP contribution in [0.2, 0.25) is 0 Å². The lowest BCUT2D eigenvalue weighted by atomic mass is 10.3. The predicted octanol–water partition coefficient (Wildman–Crippen LogP) is 1.58. The Hall–Kier alpha value is -1.96. The molecule has 0 amide bonds. The monoisotopic (exact) mass is 297 g/mol. The molecule has 2 heterocycles. The Morgan fingerprint density at radius 1 is 1.59 bits per heavy atom. The van der Waals surface area contributed by atoms with Gasteiger partial charge in [-0.1, -0.05) is 0 Å². The van der Waals surface area contributed by atoms with E-state index < -0.39 is 4.92 Å². The summed E-state index contributed by atoms with van der Waals surface area (Å²) < 4.78 is 1.77. The third kappa shape index (κ3) is 2.59. The fourth-order valence-corrected chi connectivity index (χ4v) is 1.80. The lowest BCUT2D eigenvalue weighted by Gasteiger charge is -1.98. The Kier molecular flexibility index (Phi) is 3.05. The predicted molar refractivity (Wildman–Crippen MR) is 64.3 cm³/mol. The summed E-state index contributed by atoms with van der Waals surface area (Å²) in [5.41, 5.74) is 6.89. The van der Waals surface area contributed by atoms with Gasteiger partial charge < -0.3 is 15.8 Å². The highest BCUT2D eigenvalue weighted by molar-refractivity contribution is 9.10. The summed E-state index contributed by atoms with van der Waals surface area (Å²) in [5, 5.41) is 14.4. The maximum Gasteiger partial charge on any atom is 0.404 e. The van der Waals surface area contributed by atoms with E-state index in [1.165, 1.54) is 10.9 Å². The molecule has 2 rings (SSSR count). The fraction of sp³-hybridized carbons (Fsp3) is 0.111. The maximum absolute atomic E-state index is 10.6. The van der Waals surface area contributed by atoms with Gasteiger partial charge in [0.1, 0.15) is 11.0 Å². The zero-order valence-corrected chi connectivity index (χ0v) is 10.2. The summed E-state index contributed by atoms with van der Waals surface area (Å²) in [6, 6.07) is 3.37. The van der Waals surface area contributed by atoms with Crippen LogP contribution in [0, 0.1) is 10.1 Å². The zero-order chi connectivity index (χ0) is 12.4. The average molecular weight is 298 g/mol. The van der Waals surface area contributed by atoms with Gasteiger partial charge in [0, 0.05) is 11.9 Å². The van der Waals surface area contributed by atoms with Crippen LogP contribution in [-0.4, -0.2) is 19.7 Å². The third-order valence-electron chi connectivity index (χ3n) is 2.04. The number of rotatable bonds is 3. The molecule has 0 radical (unpaired) electrons. The molecular weight excluding hydrogens is 290 g/mol. The lowest BCUT2D eigenvalue weighted by molar-refractivity contribution is -0.390. The zero-order valence-electron chi connectivity index (χ0n) is 8.58. The van der Waals surface area contributed by atoms with Gasteiger partial charge in [0.05, 0.1) is 17.0 Å². The van der Waals surface area contributed by atoms with Crippen molar-refractivity contribution in [1.29, 1.82) is 0 Å². The van der Waals surface area contributed by atoms with E-state index >= 15 is 0 Å². The van der Waals surface area contributed by atoms with Crippen LogP contribution in [0.4, 0.5) is 11.5 Å². The smallest absolute Gasteiger partial charge is 0.399 e. The number of hydrogen-bond acceptors (Lipinski definition) is 5.